The van der Waals surface area contributed by atoms with Crippen LogP contribution in [0.1, 0.15) is 63.3 Å². The summed E-state index contributed by atoms with van der Waals surface area (Å²) in [6.45, 7) is 5.09. The fraction of sp³-hybridized carbons (Fsp3) is 0.800. The van der Waals surface area contributed by atoms with Gasteiger partial charge in [-0.25, -0.2) is 0 Å². The second kappa shape index (κ2) is 6.93. The van der Waals surface area contributed by atoms with E-state index in [9.17, 15) is 0 Å². The summed E-state index contributed by atoms with van der Waals surface area (Å²) in [5.74, 6) is 1.87. The molecule has 1 heterocycles. The van der Waals surface area contributed by atoms with Gasteiger partial charge >= 0.3 is 0 Å². The van der Waals surface area contributed by atoms with Crippen LogP contribution < -0.4 is 5.32 Å². The van der Waals surface area contributed by atoms with Crippen LogP contribution in [0.5, 0.6) is 0 Å². The Labute approximate surface area is 110 Å². The molecular formula is C15H26N2O. The molecule has 102 valence electrons. The standard InChI is InChI=1S/C15H26N2O/c1-3-5-13-6-4-7-14(9-8-13)16-11-15-10-12(2)18-17-15/h10,13-14,16H,3-9,11H2,1-2H3. The third-order valence-corrected chi connectivity index (χ3v) is 4.03. The summed E-state index contributed by atoms with van der Waals surface area (Å²) in [4.78, 5) is 0. The van der Waals surface area contributed by atoms with Gasteiger partial charge in [0.1, 0.15) is 5.76 Å². The number of rotatable bonds is 5. The molecule has 0 bridgehead atoms. The van der Waals surface area contributed by atoms with Crippen LogP contribution in [0.25, 0.3) is 0 Å². The Balaban J connectivity index is 1.73. The number of nitrogens with zero attached hydrogens (tertiary/aromatic N) is 1. The fourth-order valence-corrected chi connectivity index (χ4v) is 3.03. The molecule has 1 fully saturated rings. The van der Waals surface area contributed by atoms with E-state index in [1.165, 1.54) is 44.9 Å². The molecule has 0 spiro atoms. The lowest BCUT2D eigenvalue weighted by Gasteiger charge is -2.15. The van der Waals surface area contributed by atoms with Crippen LogP contribution in [0.4, 0.5) is 0 Å². The Morgan fingerprint density at radius 2 is 2.22 bits per heavy atom. The first-order valence-corrected chi connectivity index (χ1v) is 7.43. The van der Waals surface area contributed by atoms with Crippen molar-refractivity contribution < 1.29 is 4.52 Å². The lowest BCUT2D eigenvalue weighted by Crippen LogP contribution is -2.28. The number of nitrogens with one attached hydrogen (secondary N) is 1. The van der Waals surface area contributed by atoms with Gasteiger partial charge in [-0.2, -0.15) is 0 Å². The van der Waals surface area contributed by atoms with Gasteiger partial charge in [0.05, 0.1) is 5.69 Å². The molecule has 1 saturated carbocycles. The Morgan fingerprint density at radius 3 is 2.94 bits per heavy atom. The first-order valence-electron chi connectivity index (χ1n) is 7.43. The van der Waals surface area contributed by atoms with Crippen molar-refractivity contribution in [3.8, 4) is 0 Å². The van der Waals surface area contributed by atoms with E-state index in [0.717, 1.165) is 23.9 Å². The minimum absolute atomic E-state index is 0.670. The van der Waals surface area contributed by atoms with Crippen molar-refractivity contribution in [2.75, 3.05) is 0 Å². The van der Waals surface area contributed by atoms with Crippen molar-refractivity contribution in [3.63, 3.8) is 0 Å². The highest BCUT2D eigenvalue weighted by molar-refractivity contribution is 5.03. The van der Waals surface area contributed by atoms with Crippen molar-refractivity contribution in [2.45, 2.75) is 71.4 Å². The molecule has 2 atom stereocenters. The predicted molar refractivity (Wildman–Crippen MR) is 73.4 cm³/mol. The van der Waals surface area contributed by atoms with Crippen molar-refractivity contribution in [3.05, 3.63) is 17.5 Å². The zero-order chi connectivity index (χ0) is 12.8. The van der Waals surface area contributed by atoms with Crippen molar-refractivity contribution in [2.24, 2.45) is 5.92 Å². The van der Waals surface area contributed by atoms with Gasteiger partial charge in [-0.15, -0.1) is 0 Å². The van der Waals surface area contributed by atoms with E-state index in [4.69, 9.17) is 4.52 Å². The zero-order valence-electron chi connectivity index (χ0n) is 11.7. The third kappa shape index (κ3) is 4.13. The lowest BCUT2D eigenvalue weighted by atomic mass is 9.95. The van der Waals surface area contributed by atoms with Crippen molar-refractivity contribution >= 4 is 0 Å². The Morgan fingerprint density at radius 1 is 1.33 bits per heavy atom. The van der Waals surface area contributed by atoms with E-state index in [1.54, 1.807) is 0 Å². The van der Waals surface area contributed by atoms with Gasteiger partial charge < -0.3 is 9.84 Å². The minimum atomic E-state index is 0.670. The number of aromatic nitrogens is 1. The average Bonchev–Trinajstić information content (AvgIpc) is 2.64. The van der Waals surface area contributed by atoms with Gasteiger partial charge in [0.2, 0.25) is 0 Å². The smallest absolute Gasteiger partial charge is 0.133 e. The van der Waals surface area contributed by atoms with E-state index in [-0.39, 0.29) is 0 Å². The van der Waals surface area contributed by atoms with Crippen LogP contribution in [0.3, 0.4) is 0 Å². The molecule has 3 heteroatoms. The summed E-state index contributed by atoms with van der Waals surface area (Å²) in [6.07, 6.45) is 9.58. The SMILES string of the molecule is CCCC1CCCC(NCc2cc(C)on2)CC1. The number of hydrogen-bond acceptors (Lipinski definition) is 3. The van der Waals surface area contributed by atoms with Crippen LogP contribution in [-0.2, 0) is 6.54 Å². The summed E-state index contributed by atoms with van der Waals surface area (Å²) in [5.41, 5.74) is 1.03. The average molecular weight is 250 g/mol. The minimum Gasteiger partial charge on any atom is -0.361 e. The molecule has 3 nitrogen and oxygen atoms in total. The predicted octanol–water partition coefficient (Wildman–Crippen LogP) is 3.82. The normalized spacial score (nSPS) is 25.0. The monoisotopic (exact) mass is 250 g/mol. The fourth-order valence-electron chi connectivity index (χ4n) is 3.03. The first-order chi connectivity index (χ1) is 8.78. The maximum atomic E-state index is 5.09. The Bertz CT molecular complexity index is 348. The van der Waals surface area contributed by atoms with Gasteiger partial charge in [-0.1, -0.05) is 37.8 Å². The molecule has 1 N–H and O–H groups in total. The maximum absolute atomic E-state index is 5.09. The number of aryl methyl sites for hydroxylation is 1. The summed E-state index contributed by atoms with van der Waals surface area (Å²) < 4.78 is 5.09. The van der Waals surface area contributed by atoms with Crippen LogP contribution in [-0.4, -0.2) is 11.2 Å². The number of hydrogen-bond donors (Lipinski definition) is 1. The largest absolute Gasteiger partial charge is 0.361 e. The van der Waals surface area contributed by atoms with Gasteiger partial charge in [-0.3, -0.25) is 0 Å². The first kappa shape index (κ1) is 13.6. The van der Waals surface area contributed by atoms with E-state index >= 15 is 0 Å². The van der Waals surface area contributed by atoms with Gasteiger partial charge in [0.15, 0.2) is 0 Å². The van der Waals surface area contributed by atoms with Gasteiger partial charge in [0.25, 0.3) is 0 Å². The van der Waals surface area contributed by atoms with Crippen LogP contribution >= 0.6 is 0 Å². The molecule has 1 aromatic rings. The lowest BCUT2D eigenvalue weighted by molar-refractivity contribution is 0.379. The molecule has 18 heavy (non-hydrogen) atoms. The molecule has 1 aromatic heterocycles. The molecule has 2 rings (SSSR count). The van der Waals surface area contributed by atoms with Crippen LogP contribution in [0.2, 0.25) is 0 Å². The topological polar surface area (TPSA) is 38.1 Å². The van der Waals surface area contributed by atoms with E-state index in [2.05, 4.69) is 17.4 Å². The summed E-state index contributed by atoms with van der Waals surface area (Å²) in [6, 6.07) is 2.69. The second-order valence-electron chi connectivity index (χ2n) is 5.67. The molecule has 1 aliphatic carbocycles. The highest BCUT2D eigenvalue weighted by Crippen LogP contribution is 2.26. The molecule has 0 saturated heterocycles. The quantitative estimate of drug-likeness (QED) is 0.807. The molecule has 0 radical (unpaired) electrons. The summed E-state index contributed by atoms with van der Waals surface area (Å²) in [7, 11) is 0. The zero-order valence-corrected chi connectivity index (χ0v) is 11.7. The highest BCUT2D eigenvalue weighted by atomic mass is 16.5. The van der Waals surface area contributed by atoms with E-state index in [1.807, 2.05) is 13.0 Å². The Hall–Kier alpha value is -0.830. The Kier molecular flexibility index (Phi) is 5.24. The van der Waals surface area contributed by atoms with Gasteiger partial charge in [0, 0.05) is 18.7 Å². The van der Waals surface area contributed by atoms with Crippen LogP contribution in [0, 0.1) is 12.8 Å². The molecule has 0 aliphatic heterocycles. The van der Waals surface area contributed by atoms with Gasteiger partial charge in [-0.05, 0) is 32.1 Å². The van der Waals surface area contributed by atoms with E-state index < -0.39 is 0 Å². The maximum Gasteiger partial charge on any atom is 0.133 e. The molecule has 1 aliphatic rings. The molecular weight excluding hydrogens is 224 g/mol. The third-order valence-electron chi connectivity index (χ3n) is 4.03. The van der Waals surface area contributed by atoms with Crippen molar-refractivity contribution in [1.82, 2.24) is 10.5 Å². The molecule has 0 amide bonds. The van der Waals surface area contributed by atoms with Crippen molar-refractivity contribution in [1.29, 1.82) is 0 Å². The summed E-state index contributed by atoms with van der Waals surface area (Å²) in [5, 5.41) is 7.66. The van der Waals surface area contributed by atoms with E-state index in [0.29, 0.717) is 6.04 Å². The van der Waals surface area contributed by atoms with Crippen LogP contribution in [0.15, 0.2) is 10.6 Å². The molecule has 0 aromatic carbocycles. The highest BCUT2D eigenvalue weighted by Gasteiger charge is 2.18. The summed E-state index contributed by atoms with van der Waals surface area (Å²) >= 11 is 0. The second-order valence-corrected chi connectivity index (χ2v) is 5.67. The molecule has 2 unspecified atom stereocenters.